The molecule has 2 aliphatic heterocycles. The normalized spacial score (nSPS) is 18.9. The van der Waals surface area contributed by atoms with Gasteiger partial charge in [0.1, 0.15) is 27.8 Å². The number of thiazole rings is 1. The fraction of sp³-hybridized carbons (Fsp3) is 0.263. The Morgan fingerprint density at radius 3 is 2.83 bits per heavy atom. The first-order valence-electron chi connectivity index (χ1n) is 11.0. The lowest BCUT2D eigenvalue weighted by Gasteiger charge is -2.49. The Hall–Kier alpha value is -4.50. The number of anilines is 2. The van der Waals surface area contributed by atoms with Gasteiger partial charge in [0.2, 0.25) is 5.65 Å². The van der Waals surface area contributed by atoms with E-state index in [1.54, 1.807) is 6.07 Å². The summed E-state index contributed by atoms with van der Waals surface area (Å²) in [5.74, 6) is -3.11. The van der Waals surface area contributed by atoms with Crippen molar-refractivity contribution in [3.8, 4) is 0 Å². The van der Waals surface area contributed by atoms with Gasteiger partial charge in [0, 0.05) is 16.9 Å². The molecule has 5 rings (SSSR count). The van der Waals surface area contributed by atoms with E-state index >= 15 is 0 Å². The summed E-state index contributed by atoms with van der Waals surface area (Å²) >= 11 is 3.52. The van der Waals surface area contributed by atoms with Gasteiger partial charge in [-0.15, -0.1) is 37.9 Å². The molecule has 0 saturated carbocycles. The van der Waals surface area contributed by atoms with Crippen LogP contribution in [0.2, 0.25) is 0 Å². The number of hydrogen-bond donors (Lipinski definition) is 5. The van der Waals surface area contributed by atoms with Gasteiger partial charge in [0.25, 0.3) is 17.7 Å². The van der Waals surface area contributed by atoms with Gasteiger partial charge in [-0.2, -0.15) is 0 Å². The first kappa shape index (κ1) is 27.1. The highest BCUT2D eigenvalue weighted by Crippen LogP contribution is 2.41. The molecule has 2 aliphatic rings. The van der Waals surface area contributed by atoms with Gasteiger partial charge < -0.3 is 32.5 Å². The topological polar surface area (TPSA) is 272 Å². The molecule has 0 bridgehead atoms. The Morgan fingerprint density at radius 1 is 1.32 bits per heavy atom. The third-order valence-corrected chi connectivity index (χ3v) is 8.46. The van der Waals surface area contributed by atoms with E-state index in [1.165, 1.54) is 33.5 Å². The number of carboxylic acid groups (broad SMARTS) is 1. The molecule has 5 heterocycles. The minimum Gasteiger partial charge on any atom is -0.477 e. The number of carboxylic acids is 1. The smallest absolute Gasteiger partial charge is 0.352 e. The molecule has 3 amide bonds. The second-order valence-corrected chi connectivity index (χ2v) is 11.1. The van der Waals surface area contributed by atoms with Crippen LogP contribution in [0, 0.1) is 0 Å². The lowest BCUT2D eigenvalue weighted by Crippen LogP contribution is -2.71. The van der Waals surface area contributed by atoms with Crippen LogP contribution in [0.1, 0.15) is 5.69 Å². The molecule has 0 aliphatic carbocycles. The molecule has 2 atom stereocenters. The number of carbonyl (C=O) groups is 4. The van der Waals surface area contributed by atoms with E-state index in [0.29, 0.717) is 16.3 Å². The lowest BCUT2D eigenvalue weighted by molar-refractivity contribution is -0.150. The summed E-state index contributed by atoms with van der Waals surface area (Å²) in [5, 5.41) is 32.7. The van der Waals surface area contributed by atoms with E-state index in [-0.39, 0.29) is 39.4 Å². The van der Waals surface area contributed by atoms with E-state index in [0.717, 1.165) is 16.2 Å². The van der Waals surface area contributed by atoms with Gasteiger partial charge in [0.15, 0.2) is 17.5 Å². The molecule has 1 saturated heterocycles. The molecule has 0 spiro atoms. The molecule has 8 N–H and O–H groups in total. The van der Waals surface area contributed by atoms with Crippen LogP contribution in [0.25, 0.3) is 5.65 Å². The minimum absolute atomic E-state index is 0.0592. The second-order valence-electron chi connectivity index (χ2n) is 8.09. The van der Waals surface area contributed by atoms with E-state index in [4.69, 9.17) is 22.0 Å². The maximum absolute atomic E-state index is 13.1. The van der Waals surface area contributed by atoms with Crippen LogP contribution in [-0.4, -0.2) is 99.2 Å². The van der Waals surface area contributed by atoms with Crippen molar-refractivity contribution in [1.82, 2.24) is 40.5 Å². The lowest BCUT2D eigenvalue weighted by atomic mass is 10.0. The zero-order valence-corrected chi connectivity index (χ0v) is 22.4. The van der Waals surface area contributed by atoms with Crippen molar-refractivity contribution in [1.29, 1.82) is 0 Å². The zero-order chi connectivity index (χ0) is 28.6. The molecule has 18 nitrogen and oxygen atoms in total. The van der Waals surface area contributed by atoms with Crippen molar-refractivity contribution in [3.05, 3.63) is 28.4 Å². The minimum atomic E-state index is -1.29. The third-order valence-electron chi connectivity index (χ3n) is 5.46. The van der Waals surface area contributed by atoms with Crippen molar-refractivity contribution in [2.24, 2.45) is 10.9 Å². The highest BCUT2D eigenvalue weighted by molar-refractivity contribution is 8.01. The highest BCUT2D eigenvalue weighted by atomic mass is 32.2. The summed E-state index contributed by atoms with van der Waals surface area (Å²) in [6, 6.07) is 0.515. The van der Waals surface area contributed by atoms with Crippen LogP contribution in [0.5, 0.6) is 0 Å². The number of amides is 3. The molecular formula is C19H18N12O6S3. The molecule has 3 aromatic rings. The number of fused-ring (bicyclic) bond motifs is 2. The number of thioether (sulfide) groups is 2. The quantitative estimate of drug-likeness (QED) is 0.0714. The van der Waals surface area contributed by atoms with Gasteiger partial charge in [-0.05, 0) is 22.1 Å². The largest absolute Gasteiger partial charge is 0.477 e. The summed E-state index contributed by atoms with van der Waals surface area (Å²) < 4.78 is 1.17. The standard InChI is InChI=1S/C19H18N12O6S3/c20-7-1-10(26-31-14(7)25-28-29-31)38-3-6-4-39-17-12(16(34)30(17)13(6)18(35)36)24-15(33)11(27-37-2-9(21)32)8-5-40-19(22)23-8/h1,5,12,17H,2-4,20H2,(H2,21,32)(H2,22,23)(H,24,33)(H,35,36)/b27-11+. The van der Waals surface area contributed by atoms with Crippen molar-refractivity contribution in [3.63, 3.8) is 0 Å². The average molecular weight is 607 g/mol. The maximum Gasteiger partial charge on any atom is 0.352 e. The summed E-state index contributed by atoms with van der Waals surface area (Å²) in [5.41, 5.74) is 17.2. The number of nitrogen functional groups attached to an aromatic ring is 2. The Bertz CT molecular complexity index is 1600. The van der Waals surface area contributed by atoms with Gasteiger partial charge >= 0.3 is 5.97 Å². The molecule has 40 heavy (non-hydrogen) atoms. The molecule has 21 heteroatoms. The van der Waals surface area contributed by atoms with Crippen LogP contribution >= 0.6 is 34.9 Å². The Labute approximate surface area is 235 Å². The number of aromatic nitrogens is 6. The summed E-state index contributed by atoms with van der Waals surface area (Å²) in [4.78, 5) is 59.2. The van der Waals surface area contributed by atoms with Crippen molar-refractivity contribution in [2.75, 3.05) is 29.6 Å². The number of carbonyl (C=O) groups excluding carboxylic acids is 3. The number of nitrogens with zero attached hydrogens (tertiary/aromatic N) is 8. The van der Waals surface area contributed by atoms with Gasteiger partial charge in [-0.3, -0.25) is 19.3 Å². The zero-order valence-electron chi connectivity index (χ0n) is 20.0. The van der Waals surface area contributed by atoms with Crippen LogP contribution in [0.15, 0.2) is 32.9 Å². The van der Waals surface area contributed by atoms with Crippen LogP contribution in [-0.2, 0) is 24.0 Å². The number of tetrazole rings is 1. The third kappa shape index (κ3) is 5.20. The van der Waals surface area contributed by atoms with Crippen LogP contribution in [0.4, 0.5) is 10.8 Å². The number of primary amides is 1. The number of β-lactam (4-membered cyclic amide) rings is 1. The number of nitrogens with one attached hydrogen (secondary N) is 1. The average Bonchev–Trinajstić information content (AvgIpc) is 3.56. The molecule has 208 valence electrons. The molecule has 3 aromatic heterocycles. The van der Waals surface area contributed by atoms with E-state index in [9.17, 15) is 24.3 Å². The Balaban J connectivity index is 1.31. The second kappa shape index (κ2) is 10.9. The summed E-state index contributed by atoms with van der Waals surface area (Å²) in [6.07, 6.45) is 0. The fourth-order valence-electron chi connectivity index (χ4n) is 3.74. The summed E-state index contributed by atoms with van der Waals surface area (Å²) in [6.45, 7) is -0.593. The molecule has 1 fully saturated rings. The number of aliphatic carboxylic acids is 1. The maximum atomic E-state index is 13.1. The van der Waals surface area contributed by atoms with Crippen molar-refractivity contribution < 1.29 is 29.1 Å². The first-order valence-corrected chi connectivity index (χ1v) is 13.9. The summed E-state index contributed by atoms with van der Waals surface area (Å²) in [7, 11) is 0. The van der Waals surface area contributed by atoms with Crippen molar-refractivity contribution >= 4 is 80.7 Å². The fourth-order valence-corrected chi connectivity index (χ4v) is 6.67. The van der Waals surface area contributed by atoms with Gasteiger partial charge in [-0.25, -0.2) is 9.78 Å². The molecule has 0 radical (unpaired) electrons. The van der Waals surface area contributed by atoms with E-state index < -0.39 is 41.7 Å². The monoisotopic (exact) mass is 606 g/mol. The Morgan fingerprint density at radius 2 is 2.12 bits per heavy atom. The molecule has 0 aromatic carbocycles. The number of rotatable bonds is 10. The van der Waals surface area contributed by atoms with E-state index in [2.05, 4.69) is 36.1 Å². The van der Waals surface area contributed by atoms with Crippen LogP contribution in [0.3, 0.4) is 0 Å². The van der Waals surface area contributed by atoms with Gasteiger partial charge in [-0.1, -0.05) is 16.9 Å². The van der Waals surface area contributed by atoms with Gasteiger partial charge in [0.05, 0.1) is 5.69 Å². The predicted octanol–water partition coefficient (Wildman–Crippen LogP) is -2.12. The number of nitrogens with two attached hydrogens (primary N) is 3. The van der Waals surface area contributed by atoms with E-state index in [1.807, 2.05) is 0 Å². The number of hydrogen-bond acceptors (Lipinski definition) is 16. The Kier molecular flexibility index (Phi) is 7.40. The number of oxime groups is 1. The predicted molar refractivity (Wildman–Crippen MR) is 142 cm³/mol. The highest BCUT2D eigenvalue weighted by Gasteiger charge is 2.54. The molecule has 2 unspecified atom stereocenters. The van der Waals surface area contributed by atoms with Crippen molar-refractivity contribution in [2.45, 2.75) is 16.4 Å². The SMILES string of the molecule is NC(=O)CO/N=C(/C(=O)NC1C(=O)N2C(C(=O)O)=C(CSc3cc(N)c4nnnn4n3)CSC12)c1csc(N)n1. The first-order chi connectivity index (χ1) is 19.1. The van der Waals surface area contributed by atoms with Crippen LogP contribution < -0.4 is 22.5 Å². The molecular weight excluding hydrogens is 588 g/mol.